The summed E-state index contributed by atoms with van der Waals surface area (Å²) in [5.41, 5.74) is -2.41. The maximum Gasteiger partial charge on any atom is 0.573 e. The Kier molecular flexibility index (Phi) is 3.60. The Morgan fingerprint density at radius 1 is 1.16 bits per heavy atom. The van der Waals surface area contributed by atoms with E-state index in [4.69, 9.17) is 4.74 Å². The summed E-state index contributed by atoms with van der Waals surface area (Å²) >= 11 is 0. The van der Waals surface area contributed by atoms with E-state index in [2.05, 4.69) is 10.1 Å². The lowest BCUT2D eigenvalue weighted by molar-refractivity contribution is -0.274. The second kappa shape index (κ2) is 5.12. The lowest BCUT2D eigenvalue weighted by Gasteiger charge is -2.35. The maximum atomic E-state index is 12.8. The van der Waals surface area contributed by atoms with Crippen LogP contribution in [-0.4, -0.2) is 23.8 Å². The zero-order chi connectivity index (χ0) is 18.7. The summed E-state index contributed by atoms with van der Waals surface area (Å²) < 4.78 is 45.8. The number of esters is 1. The topological polar surface area (TPSA) is 64.6 Å². The molecule has 0 unspecified atom stereocenters. The monoisotopic (exact) mass is 357 g/mol. The van der Waals surface area contributed by atoms with Crippen molar-refractivity contribution in [2.45, 2.75) is 45.6 Å². The maximum absolute atomic E-state index is 12.8. The molecule has 1 saturated carbocycles. The highest BCUT2D eigenvalue weighted by Gasteiger charge is 2.75. The van der Waals surface area contributed by atoms with Crippen LogP contribution < -0.4 is 10.1 Å². The first kappa shape index (κ1) is 17.6. The van der Waals surface area contributed by atoms with Gasteiger partial charge in [-0.3, -0.25) is 9.59 Å². The van der Waals surface area contributed by atoms with Crippen molar-refractivity contribution >= 4 is 17.6 Å². The minimum atomic E-state index is -4.78. The molecular weight excluding hydrogens is 339 g/mol. The van der Waals surface area contributed by atoms with Gasteiger partial charge in [0.25, 0.3) is 5.91 Å². The first-order chi connectivity index (χ1) is 11.4. The molecule has 8 heteroatoms. The summed E-state index contributed by atoms with van der Waals surface area (Å²) in [6, 6.07) is 4.80. The SMILES string of the molecule is CC1(C)[C@@]2(C(=O)Nc3ccc(OC(F)(F)F)cc3)CC[C@]1(C)C(=O)O2. The zero-order valence-corrected chi connectivity index (χ0v) is 14.0. The lowest BCUT2D eigenvalue weighted by atomic mass is 9.66. The van der Waals surface area contributed by atoms with Crippen LogP contribution in [0.2, 0.25) is 0 Å². The quantitative estimate of drug-likeness (QED) is 0.839. The van der Waals surface area contributed by atoms with Crippen LogP contribution in [0.1, 0.15) is 33.6 Å². The normalized spacial score (nSPS) is 30.1. The van der Waals surface area contributed by atoms with Gasteiger partial charge >= 0.3 is 12.3 Å². The summed E-state index contributed by atoms with van der Waals surface area (Å²) in [7, 11) is 0. The molecule has 3 rings (SSSR count). The summed E-state index contributed by atoms with van der Waals surface area (Å²) in [4.78, 5) is 25.0. The molecule has 136 valence electrons. The van der Waals surface area contributed by atoms with Gasteiger partial charge in [-0.25, -0.2) is 0 Å². The number of hydrogen-bond acceptors (Lipinski definition) is 4. The molecule has 1 aromatic carbocycles. The Balaban J connectivity index is 1.78. The van der Waals surface area contributed by atoms with Crippen LogP contribution >= 0.6 is 0 Å². The average Bonchev–Trinajstić information content (AvgIpc) is 2.78. The van der Waals surface area contributed by atoms with Crippen molar-refractivity contribution in [3.63, 3.8) is 0 Å². The minimum Gasteiger partial charge on any atom is -0.448 e. The summed E-state index contributed by atoms with van der Waals surface area (Å²) in [6.07, 6.45) is -3.83. The van der Waals surface area contributed by atoms with Crippen LogP contribution in [0.5, 0.6) is 5.75 Å². The van der Waals surface area contributed by atoms with E-state index in [1.807, 2.05) is 13.8 Å². The molecular formula is C17H18F3NO4. The fourth-order valence-electron chi connectivity index (χ4n) is 3.72. The molecule has 1 heterocycles. The number of halogens is 3. The van der Waals surface area contributed by atoms with E-state index < -0.39 is 34.7 Å². The van der Waals surface area contributed by atoms with Gasteiger partial charge in [0.15, 0.2) is 5.60 Å². The van der Waals surface area contributed by atoms with Gasteiger partial charge < -0.3 is 14.8 Å². The Bertz CT molecular complexity index is 728. The van der Waals surface area contributed by atoms with Crippen LogP contribution in [0, 0.1) is 10.8 Å². The number of alkyl halides is 3. The third kappa shape index (κ3) is 2.46. The van der Waals surface area contributed by atoms with Crippen molar-refractivity contribution in [2.75, 3.05) is 5.32 Å². The van der Waals surface area contributed by atoms with Gasteiger partial charge in [0.2, 0.25) is 0 Å². The summed E-state index contributed by atoms with van der Waals surface area (Å²) in [5.74, 6) is -1.26. The van der Waals surface area contributed by atoms with Gasteiger partial charge in [-0.1, -0.05) is 13.8 Å². The van der Waals surface area contributed by atoms with Gasteiger partial charge in [-0.2, -0.15) is 0 Å². The van der Waals surface area contributed by atoms with Gasteiger partial charge in [-0.15, -0.1) is 13.2 Å². The summed E-state index contributed by atoms with van der Waals surface area (Å²) in [5, 5.41) is 2.63. The smallest absolute Gasteiger partial charge is 0.448 e. The number of rotatable bonds is 3. The number of carbonyl (C=O) groups excluding carboxylic acids is 2. The van der Waals surface area contributed by atoms with Crippen LogP contribution in [0.15, 0.2) is 24.3 Å². The molecule has 5 nitrogen and oxygen atoms in total. The van der Waals surface area contributed by atoms with Crippen molar-refractivity contribution in [1.82, 2.24) is 0 Å². The van der Waals surface area contributed by atoms with Gasteiger partial charge in [0, 0.05) is 11.1 Å². The standard InChI is InChI=1S/C17H18F3NO4/c1-14(2)15(3)8-9-16(14,25-13(15)23)12(22)21-10-4-6-11(7-5-10)24-17(18,19)20/h4-7H,8-9H2,1-3H3,(H,21,22)/t15-,16+/m1/s1. The van der Waals surface area contributed by atoms with E-state index in [0.717, 1.165) is 12.1 Å². The molecule has 0 radical (unpaired) electrons. The van der Waals surface area contributed by atoms with Crippen LogP contribution in [0.4, 0.5) is 18.9 Å². The molecule has 0 aromatic heterocycles. The fraction of sp³-hybridized carbons (Fsp3) is 0.529. The van der Waals surface area contributed by atoms with E-state index in [9.17, 15) is 22.8 Å². The largest absolute Gasteiger partial charge is 0.573 e. The van der Waals surface area contributed by atoms with Crippen LogP contribution in [0.25, 0.3) is 0 Å². The Hall–Kier alpha value is -2.25. The van der Waals surface area contributed by atoms with E-state index in [-0.39, 0.29) is 5.75 Å². The number of hydrogen-bond donors (Lipinski definition) is 1. The number of amides is 1. The number of fused-ring (bicyclic) bond motifs is 2. The predicted octanol–water partition coefficient (Wildman–Crippen LogP) is 3.65. The molecule has 1 aliphatic carbocycles. The Labute approximate surface area is 142 Å². The van der Waals surface area contributed by atoms with Crippen molar-refractivity contribution < 1.29 is 32.2 Å². The number of benzene rings is 1. The highest BCUT2D eigenvalue weighted by Crippen LogP contribution is 2.65. The number of nitrogens with one attached hydrogen (secondary N) is 1. The third-order valence-corrected chi connectivity index (χ3v) is 5.80. The van der Waals surface area contributed by atoms with Gasteiger partial charge in [-0.05, 0) is 44.0 Å². The highest BCUT2D eigenvalue weighted by molar-refractivity contribution is 6.03. The summed E-state index contributed by atoms with van der Waals surface area (Å²) in [6.45, 7) is 5.44. The predicted molar refractivity (Wildman–Crippen MR) is 81.7 cm³/mol. The first-order valence-corrected chi connectivity index (χ1v) is 7.82. The number of ether oxygens (including phenoxy) is 2. The van der Waals surface area contributed by atoms with Gasteiger partial charge in [0.1, 0.15) is 5.75 Å². The molecule has 1 N–H and O–H groups in total. The Morgan fingerprint density at radius 3 is 2.20 bits per heavy atom. The molecule has 1 saturated heterocycles. The third-order valence-electron chi connectivity index (χ3n) is 5.80. The minimum absolute atomic E-state index is 0.293. The number of carbonyl (C=O) groups is 2. The molecule has 1 amide bonds. The van der Waals surface area contributed by atoms with Crippen molar-refractivity contribution in [3.8, 4) is 5.75 Å². The van der Waals surface area contributed by atoms with Gasteiger partial charge in [0.05, 0.1) is 5.41 Å². The van der Waals surface area contributed by atoms with Crippen molar-refractivity contribution in [2.24, 2.45) is 10.8 Å². The highest BCUT2D eigenvalue weighted by atomic mass is 19.4. The molecule has 1 aliphatic heterocycles. The molecule has 2 aliphatic rings. The zero-order valence-electron chi connectivity index (χ0n) is 14.0. The van der Waals surface area contributed by atoms with Crippen LogP contribution in [-0.2, 0) is 14.3 Å². The molecule has 2 fully saturated rings. The molecule has 1 aromatic rings. The first-order valence-electron chi connectivity index (χ1n) is 7.82. The Morgan fingerprint density at radius 2 is 1.76 bits per heavy atom. The average molecular weight is 357 g/mol. The van der Waals surface area contributed by atoms with E-state index in [1.54, 1.807) is 6.92 Å². The lowest BCUT2D eigenvalue weighted by Crippen LogP contribution is -2.50. The van der Waals surface area contributed by atoms with Crippen LogP contribution in [0.3, 0.4) is 0 Å². The molecule has 25 heavy (non-hydrogen) atoms. The second-order valence-corrected chi connectivity index (χ2v) is 7.20. The second-order valence-electron chi connectivity index (χ2n) is 7.20. The molecule has 0 spiro atoms. The molecule has 2 atom stereocenters. The number of anilines is 1. The van der Waals surface area contributed by atoms with Crippen molar-refractivity contribution in [1.29, 1.82) is 0 Å². The fourth-order valence-corrected chi connectivity index (χ4v) is 3.72. The molecule has 2 bridgehead atoms. The van der Waals surface area contributed by atoms with Crippen molar-refractivity contribution in [3.05, 3.63) is 24.3 Å². The van der Waals surface area contributed by atoms with E-state index in [0.29, 0.717) is 18.5 Å². The van der Waals surface area contributed by atoms with E-state index in [1.165, 1.54) is 12.1 Å². The van der Waals surface area contributed by atoms with E-state index >= 15 is 0 Å².